The van der Waals surface area contributed by atoms with Gasteiger partial charge in [-0.1, -0.05) is 0 Å². The van der Waals surface area contributed by atoms with Crippen molar-refractivity contribution in [3.63, 3.8) is 0 Å². The van der Waals surface area contributed by atoms with Crippen LogP contribution in [0.2, 0.25) is 0 Å². The molecule has 1 atom stereocenters. The average molecular weight is 128 g/mol. The Labute approximate surface area is 56.0 Å². The zero-order chi connectivity index (χ0) is 6.53. The van der Waals surface area contributed by atoms with Crippen LogP contribution in [-0.4, -0.2) is 32.2 Å². The van der Waals surface area contributed by atoms with E-state index in [-0.39, 0.29) is 0 Å². The van der Waals surface area contributed by atoms with Crippen LogP contribution in [0, 0.1) is 0 Å². The van der Waals surface area contributed by atoms with Crippen molar-refractivity contribution in [2.24, 2.45) is 0 Å². The van der Waals surface area contributed by atoms with Gasteiger partial charge < -0.3 is 10.6 Å². The maximum absolute atomic E-state index is 7.09. The fourth-order valence-corrected chi connectivity index (χ4v) is 1.01. The lowest BCUT2D eigenvalue weighted by molar-refractivity contribution is 0.530. The van der Waals surface area contributed by atoms with Crippen LogP contribution < -0.4 is 16.4 Å². The lowest BCUT2D eigenvalue weighted by Gasteiger charge is -2.10. The number of rotatable bonds is 1. The Balaban J connectivity index is 2.18. The van der Waals surface area contributed by atoms with Crippen LogP contribution in [0.5, 0.6) is 0 Å². The summed E-state index contributed by atoms with van der Waals surface area (Å²) in [5.41, 5.74) is 7.09. The normalized spacial score (nSPS) is 29.7. The monoisotopic (exact) mass is 128 g/mol. The van der Waals surface area contributed by atoms with E-state index in [2.05, 4.69) is 10.6 Å². The second-order valence-electron chi connectivity index (χ2n) is 2.41. The quantitative estimate of drug-likeness (QED) is 0.486. The van der Waals surface area contributed by atoms with E-state index in [0.29, 0.717) is 12.6 Å². The third-order valence-corrected chi connectivity index (χ3v) is 1.60. The van der Waals surface area contributed by atoms with Crippen LogP contribution in [0.25, 0.3) is 0 Å². The predicted octanol–water partition coefficient (Wildman–Crippen LogP) is -0.779. The van der Waals surface area contributed by atoms with Crippen LogP contribution in [0.1, 0.15) is 6.42 Å². The van der Waals surface area contributed by atoms with Gasteiger partial charge in [-0.2, -0.15) is 0 Å². The van der Waals surface area contributed by atoms with E-state index in [4.69, 9.17) is 5.73 Å². The first-order valence-corrected chi connectivity index (χ1v) is 3.52. The minimum atomic E-state index is 0.382. The van der Waals surface area contributed by atoms with Gasteiger partial charge in [-0.3, -0.25) is 5.73 Å². The summed E-state index contributed by atoms with van der Waals surface area (Å²) in [5, 5.41) is 6.55. The molecule has 0 aliphatic carbocycles. The molecule has 1 rings (SSSR count). The topological polar surface area (TPSA) is 47.9 Å². The minimum Gasteiger partial charge on any atom is -0.315 e. The lowest BCUT2D eigenvalue weighted by atomic mass is 10.3. The third-order valence-electron chi connectivity index (χ3n) is 1.60. The van der Waals surface area contributed by atoms with E-state index in [1.165, 1.54) is 6.42 Å². The summed E-state index contributed by atoms with van der Waals surface area (Å²) in [4.78, 5) is 0. The minimum absolute atomic E-state index is 0.382. The molecule has 3 nitrogen and oxygen atoms in total. The van der Waals surface area contributed by atoms with Crippen LogP contribution in [0.3, 0.4) is 0 Å². The van der Waals surface area contributed by atoms with E-state index in [9.17, 15) is 0 Å². The van der Waals surface area contributed by atoms with Crippen LogP contribution >= 0.6 is 0 Å². The molecule has 0 amide bonds. The van der Waals surface area contributed by atoms with Gasteiger partial charge in [0, 0.05) is 19.1 Å². The van der Waals surface area contributed by atoms with Crippen molar-refractivity contribution in [2.45, 2.75) is 12.5 Å². The zero-order valence-electron chi connectivity index (χ0n) is 5.61. The third kappa shape index (κ3) is 2.30. The Bertz CT molecular complexity index is 66.7. The van der Waals surface area contributed by atoms with E-state index in [1.807, 2.05) is 0 Å². The van der Waals surface area contributed by atoms with Gasteiger partial charge in [-0.25, -0.2) is 0 Å². The highest BCUT2D eigenvalue weighted by Crippen LogP contribution is 1.85. The molecule has 1 saturated heterocycles. The molecule has 1 aliphatic rings. The van der Waals surface area contributed by atoms with Crippen molar-refractivity contribution >= 4 is 0 Å². The van der Waals surface area contributed by atoms with Crippen molar-refractivity contribution in [1.82, 2.24) is 16.4 Å². The molecule has 9 heavy (non-hydrogen) atoms. The molecule has 3 N–H and O–H groups in total. The van der Waals surface area contributed by atoms with Gasteiger partial charge in [0.15, 0.2) is 0 Å². The summed E-state index contributed by atoms with van der Waals surface area (Å²) in [6, 6.07) is 0.382. The zero-order valence-corrected chi connectivity index (χ0v) is 5.61. The molecule has 0 spiro atoms. The number of hydrogen-bond acceptors (Lipinski definition) is 2. The molecule has 1 heterocycles. The molecule has 0 aromatic rings. The molecule has 1 aliphatic heterocycles. The van der Waals surface area contributed by atoms with Gasteiger partial charge in [0.1, 0.15) is 0 Å². The van der Waals surface area contributed by atoms with Crippen molar-refractivity contribution in [1.29, 1.82) is 0 Å². The molecule has 3 heteroatoms. The molecule has 53 valence electrons. The van der Waals surface area contributed by atoms with Gasteiger partial charge in [0.25, 0.3) is 0 Å². The summed E-state index contributed by atoms with van der Waals surface area (Å²) < 4.78 is 0. The number of nitrogens with one attached hydrogen (secondary N) is 3. The summed E-state index contributed by atoms with van der Waals surface area (Å²) >= 11 is 0. The van der Waals surface area contributed by atoms with E-state index in [0.717, 1.165) is 19.6 Å². The van der Waals surface area contributed by atoms with Crippen molar-refractivity contribution in [3.05, 3.63) is 0 Å². The Morgan fingerprint density at radius 3 is 3.11 bits per heavy atom. The predicted molar refractivity (Wildman–Crippen MR) is 37.2 cm³/mol. The molecule has 1 radical (unpaired) electrons. The summed E-state index contributed by atoms with van der Waals surface area (Å²) in [6.07, 6.45) is 1.19. The van der Waals surface area contributed by atoms with Gasteiger partial charge in [0.05, 0.1) is 0 Å². The van der Waals surface area contributed by atoms with Gasteiger partial charge in [0.2, 0.25) is 0 Å². The first-order chi connectivity index (χ1) is 4.43. The SMILES string of the molecule is [NH]CC1CNCCCN1. The Morgan fingerprint density at radius 2 is 2.33 bits per heavy atom. The van der Waals surface area contributed by atoms with Crippen LogP contribution in [-0.2, 0) is 0 Å². The first kappa shape index (κ1) is 6.99. The van der Waals surface area contributed by atoms with Crippen molar-refractivity contribution in [3.8, 4) is 0 Å². The molecular formula is C6H14N3. The smallest absolute Gasteiger partial charge is 0.0331 e. The summed E-state index contributed by atoms with van der Waals surface area (Å²) in [6.45, 7) is 3.62. The van der Waals surface area contributed by atoms with Crippen molar-refractivity contribution < 1.29 is 0 Å². The maximum Gasteiger partial charge on any atom is 0.0331 e. The van der Waals surface area contributed by atoms with Crippen molar-refractivity contribution in [2.75, 3.05) is 26.2 Å². The molecule has 1 unspecified atom stereocenters. The second kappa shape index (κ2) is 3.82. The number of hydrogen-bond donors (Lipinski definition) is 2. The van der Waals surface area contributed by atoms with Gasteiger partial charge in [-0.05, 0) is 19.5 Å². The highest BCUT2D eigenvalue weighted by molar-refractivity contribution is 4.73. The van der Waals surface area contributed by atoms with E-state index < -0.39 is 0 Å². The Morgan fingerprint density at radius 1 is 1.44 bits per heavy atom. The van der Waals surface area contributed by atoms with Gasteiger partial charge in [-0.15, -0.1) is 0 Å². The molecule has 0 bridgehead atoms. The molecule has 0 aromatic heterocycles. The Hall–Kier alpha value is -0.120. The maximum atomic E-state index is 7.09. The highest BCUT2D eigenvalue weighted by Gasteiger charge is 2.07. The Kier molecular flexibility index (Phi) is 2.97. The molecule has 0 aromatic carbocycles. The molecular weight excluding hydrogens is 114 g/mol. The second-order valence-corrected chi connectivity index (χ2v) is 2.41. The molecule has 1 fully saturated rings. The fourth-order valence-electron chi connectivity index (χ4n) is 1.01. The first-order valence-electron chi connectivity index (χ1n) is 3.52. The summed E-state index contributed by atoms with van der Waals surface area (Å²) in [7, 11) is 0. The lowest BCUT2D eigenvalue weighted by Crippen LogP contribution is -2.38. The van der Waals surface area contributed by atoms with Gasteiger partial charge >= 0.3 is 0 Å². The summed E-state index contributed by atoms with van der Waals surface area (Å²) in [5.74, 6) is 0. The fraction of sp³-hybridized carbons (Fsp3) is 1.00. The molecule has 0 saturated carbocycles. The van der Waals surface area contributed by atoms with E-state index in [1.54, 1.807) is 0 Å². The van der Waals surface area contributed by atoms with Crippen LogP contribution in [0.15, 0.2) is 0 Å². The standard InChI is InChI=1S/C6H14N3/c7-4-6-5-8-2-1-3-9-6/h6-9H,1-5H2. The average Bonchev–Trinajstić information content (AvgIpc) is 2.13. The highest BCUT2D eigenvalue weighted by atomic mass is 15.0. The largest absolute Gasteiger partial charge is 0.315 e. The van der Waals surface area contributed by atoms with Crippen LogP contribution in [0.4, 0.5) is 0 Å². The van der Waals surface area contributed by atoms with E-state index >= 15 is 0 Å².